The summed E-state index contributed by atoms with van der Waals surface area (Å²) in [6.45, 7) is 2.91. The lowest BCUT2D eigenvalue weighted by Crippen LogP contribution is -2.49. The van der Waals surface area contributed by atoms with Gasteiger partial charge in [-0.15, -0.1) is 11.3 Å². The van der Waals surface area contributed by atoms with Crippen LogP contribution in [0.5, 0.6) is 0 Å². The van der Waals surface area contributed by atoms with Crippen LogP contribution in [-0.2, 0) is 32.5 Å². The van der Waals surface area contributed by atoms with Crippen molar-refractivity contribution in [2.45, 2.75) is 45.2 Å². The molecule has 3 rings (SSSR count). The Balaban J connectivity index is 1.85. The Bertz CT molecular complexity index is 958. The smallest absolute Gasteiger partial charge is 0.410 e. The number of hydrogen-bond donors (Lipinski definition) is 2. The first-order chi connectivity index (χ1) is 14.1. The van der Waals surface area contributed by atoms with Gasteiger partial charge in [-0.3, -0.25) is 9.59 Å². The number of fused-ring (bicyclic) bond motifs is 1. The van der Waals surface area contributed by atoms with E-state index >= 15 is 0 Å². The van der Waals surface area contributed by atoms with Crippen molar-refractivity contribution in [3.63, 3.8) is 0 Å². The maximum absolute atomic E-state index is 12.9. The number of carbonyl (C=O) groups excluding carboxylic acids is 3. The van der Waals surface area contributed by atoms with Crippen molar-refractivity contribution >= 4 is 44.3 Å². The summed E-state index contributed by atoms with van der Waals surface area (Å²) in [5.74, 6) is -1.15. The van der Waals surface area contributed by atoms with Crippen molar-refractivity contribution in [3.05, 3.63) is 16.0 Å². The minimum atomic E-state index is -3.54. The Morgan fingerprint density at radius 2 is 2.00 bits per heavy atom. The van der Waals surface area contributed by atoms with Gasteiger partial charge < -0.3 is 20.7 Å². The van der Waals surface area contributed by atoms with Crippen LogP contribution in [0.3, 0.4) is 0 Å². The lowest BCUT2D eigenvalue weighted by Gasteiger charge is -2.32. The molecule has 3 heterocycles. The molecule has 30 heavy (non-hydrogen) atoms. The molecule has 2 aliphatic heterocycles. The summed E-state index contributed by atoms with van der Waals surface area (Å²) in [6, 6.07) is -0.829. The van der Waals surface area contributed by atoms with Crippen LogP contribution in [0, 0.1) is 0 Å². The second kappa shape index (κ2) is 8.90. The summed E-state index contributed by atoms with van der Waals surface area (Å²) in [5.41, 5.74) is 6.53. The number of nitrogens with one attached hydrogen (secondary N) is 1. The number of hydrogen-bond acceptors (Lipinski definition) is 7. The molecular formula is C18H26N4O6S2. The van der Waals surface area contributed by atoms with Crippen LogP contribution in [0.2, 0.25) is 0 Å². The van der Waals surface area contributed by atoms with E-state index in [1.807, 2.05) is 0 Å². The number of carbonyl (C=O) groups is 3. The summed E-state index contributed by atoms with van der Waals surface area (Å²) in [5, 5.41) is 3.02. The van der Waals surface area contributed by atoms with Crippen molar-refractivity contribution in [2.75, 3.05) is 31.3 Å². The molecule has 1 aromatic rings. The Kier molecular flexibility index (Phi) is 6.68. The molecule has 0 aromatic carbocycles. The molecule has 1 unspecified atom stereocenters. The highest BCUT2D eigenvalue weighted by atomic mass is 32.2. The van der Waals surface area contributed by atoms with Gasteiger partial charge in [0.15, 0.2) is 0 Å². The maximum atomic E-state index is 12.9. The van der Waals surface area contributed by atoms with Gasteiger partial charge in [0.2, 0.25) is 15.9 Å². The number of piperidine rings is 1. The maximum Gasteiger partial charge on any atom is 0.410 e. The van der Waals surface area contributed by atoms with Gasteiger partial charge in [0, 0.05) is 18.0 Å². The fourth-order valence-corrected chi connectivity index (χ4v) is 6.28. The van der Waals surface area contributed by atoms with Crippen LogP contribution < -0.4 is 11.1 Å². The Morgan fingerprint density at radius 3 is 2.63 bits per heavy atom. The van der Waals surface area contributed by atoms with Gasteiger partial charge in [0.05, 0.1) is 25.0 Å². The minimum Gasteiger partial charge on any atom is -0.450 e. The molecule has 1 fully saturated rings. The van der Waals surface area contributed by atoms with Gasteiger partial charge in [0.1, 0.15) is 11.0 Å². The molecule has 0 spiro atoms. The van der Waals surface area contributed by atoms with Gasteiger partial charge in [0.25, 0.3) is 5.91 Å². The second-order valence-electron chi connectivity index (χ2n) is 7.32. The average molecular weight is 459 g/mol. The average Bonchev–Trinajstić information content (AvgIpc) is 3.04. The Hall–Kier alpha value is -2.18. The molecule has 1 saturated heterocycles. The second-order valence-corrected chi connectivity index (χ2v) is 10.4. The predicted octanol–water partition coefficient (Wildman–Crippen LogP) is 1.11. The molecule has 3 amide bonds. The third-order valence-corrected chi connectivity index (χ3v) is 7.67. The molecule has 10 nitrogen and oxygen atoms in total. The number of ether oxygens (including phenoxy) is 1. The van der Waals surface area contributed by atoms with Crippen molar-refractivity contribution in [1.82, 2.24) is 9.21 Å². The number of rotatable bonds is 5. The number of nitrogens with zero attached hydrogens (tertiary/aromatic N) is 2. The van der Waals surface area contributed by atoms with E-state index in [0.29, 0.717) is 36.4 Å². The monoisotopic (exact) mass is 458 g/mol. The molecule has 2 aliphatic rings. The zero-order valence-electron chi connectivity index (χ0n) is 17.0. The largest absolute Gasteiger partial charge is 0.450 e. The van der Waals surface area contributed by atoms with Gasteiger partial charge in [-0.25, -0.2) is 13.2 Å². The van der Waals surface area contributed by atoms with Crippen LogP contribution in [0.25, 0.3) is 0 Å². The van der Waals surface area contributed by atoms with E-state index in [4.69, 9.17) is 10.5 Å². The molecular weight excluding hydrogens is 432 g/mol. The lowest BCUT2D eigenvalue weighted by atomic mass is 10.0. The van der Waals surface area contributed by atoms with Crippen molar-refractivity contribution < 1.29 is 27.5 Å². The molecule has 0 saturated carbocycles. The summed E-state index contributed by atoms with van der Waals surface area (Å²) in [7, 11) is -3.54. The van der Waals surface area contributed by atoms with Gasteiger partial charge in [-0.1, -0.05) is 6.42 Å². The van der Waals surface area contributed by atoms with E-state index in [2.05, 4.69) is 5.32 Å². The molecule has 1 atom stereocenters. The molecule has 1 aromatic heterocycles. The lowest BCUT2D eigenvalue weighted by molar-refractivity contribution is -0.120. The number of anilines is 1. The zero-order valence-corrected chi connectivity index (χ0v) is 18.6. The minimum absolute atomic E-state index is 0.230. The number of sulfonamides is 1. The molecule has 0 radical (unpaired) electrons. The van der Waals surface area contributed by atoms with Gasteiger partial charge in [-0.05, 0) is 31.7 Å². The van der Waals surface area contributed by atoms with E-state index < -0.39 is 34.0 Å². The van der Waals surface area contributed by atoms with E-state index in [0.717, 1.165) is 17.6 Å². The van der Waals surface area contributed by atoms with Crippen LogP contribution in [0.1, 0.15) is 47.0 Å². The van der Waals surface area contributed by atoms with E-state index in [9.17, 15) is 22.8 Å². The first-order valence-electron chi connectivity index (χ1n) is 9.77. The quantitative estimate of drug-likeness (QED) is 0.678. The van der Waals surface area contributed by atoms with E-state index in [1.54, 1.807) is 6.92 Å². The topological polar surface area (TPSA) is 139 Å². The molecule has 3 N–H and O–H groups in total. The molecule has 0 bridgehead atoms. The van der Waals surface area contributed by atoms with Crippen LogP contribution in [-0.4, -0.2) is 67.5 Å². The summed E-state index contributed by atoms with van der Waals surface area (Å²) in [6.07, 6.45) is 2.91. The molecule has 166 valence electrons. The van der Waals surface area contributed by atoms with Gasteiger partial charge >= 0.3 is 6.09 Å². The summed E-state index contributed by atoms with van der Waals surface area (Å²) >= 11 is 1.18. The normalized spacial score (nSPS) is 19.8. The van der Waals surface area contributed by atoms with E-state index in [-0.39, 0.29) is 25.3 Å². The number of primary amides is 1. The predicted molar refractivity (Wildman–Crippen MR) is 112 cm³/mol. The highest BCUT2D eigenvalue weighted by molar-refractivity contribution is 7.88. The first-order valence-corrected chi connectivity index (χ1v) is 12.4. The van der Waals surface area contributed by atoms with Crippen molar-refractivity contribution in [1.29, 1.82) is 0 Å². The Morgan fingerprint density at radius 1 is 1.27 bits per heavy atom. The van der Waals surface area contributed by atoms with Crippen LogP contribution >= 0.6 is 11.3 Å². The standard InChI is InChI=1S/C18H26N4O6S2/c1-3-28-18(25)21-9-7-11-13(10-21)29-17(14(11)15(19)23)20-16(24)12-6-4-5-8-22(12)30(2,26)27/h12H,3-10H2,1-2H3,(H2,19,23)(H,20,24). The fourth-order valence-electron chi connectivity index (χ4n) is 3.88. The first kappa shape index (κ1) is 22.5. The van der Waals surface area contributed by atoms with Crippen molar-refractivity contribution in [3.8, 4) is 0 Å². The molecule has 0 aliphatic carbocycles. The van der Waals surface area contributed by atoms with E-state index in [1.165, 1.54) is 20.5 Å². The molecule has 12 heteroatoms. The zero-order chi connectivity index (χ0) is 22.1. The summed E-state index contributed by atoms with van der Waals surface area (Å²) < 4.78 is 30.4. The van der Waals surface area contributed by atoms with Crippen molar-refractivity contribution in [2.24, 2.45) is 5.73 Å². The highest BCUT2D eigenvalue weighted by Gasteiger charge is 2.36. The highest BCUT2D eigenvalue weighted by Crippen LogP contribution is 2.37. The summed E-state index contributed by atoms with van der Waals surface area (Å²) in [4.78, 5) is 39.4. The number of nitrogens with two attached hydrogens (primary N) is 1. The fraction of sp³-hybridized carbons (Fsp3) is 0.611. The third-order valence-electron chi connectivity index (χ3n) is 5.25. The number of thiophene rings is 1. The van der Waals surface area contributed by atoms with Gasteiger partial charge in [-0.2, -0.15) is 4.31 Å². The van der Waals surface area contributed by atoms with Crippen LogP contribution in [0.4, 0.5) is 9.80 Å². The SMILES string of the molecule is CCOC(=O)N1CCc2c(sc(NC(=O)C3CCCCN3S(C)(=O)=O)c2C(N)=O)C1. The Labute approximate surface area is 179 Å². The van der Waals surface area contributed by atoms with Crippen LogP contribution in [0.15, 0.2) is 0 Å². The number of amides is 3. The third kappa shape index (κ3) is 4.60.